The molecule has 2 unspecified atom stereocenters. The predicted molar refractivity (Wildman–Crippen MR) is 73.4 cm³/mol. The molecule has 2 aliphatic rings. The second kappa shape index (κ2) is 6.64. The number of nitrogens with one attached hydrogen (secondary N) is 1. The van der Waals surface area contributed by atoms with Gasteiger partial charge in [-0.15, -0.1) is 11.8 Å². The van der Waals surface area contributed by atoms with Crippen LogP contribution in [0.25, 0.3) is 0 Å². The molecule has 3 nitrogen and oxygen atoms in total. The van der Waals surface area contributed by atoms with Gasteiger partial charge in [0, 0.05) is 19.6 Å². The van der Waals surface area contributed by atoms with Crippen LogP contribution >= 0.6 is 11.8 Å². The highest BCUT2D eigenvalue weighted by Crippen LogP contribution is 2.26. The van der Waals surface area contributed by atoms with Crippen molar-refractivity contribution in [3.05, 3.63) is 0 Å². The molecule has 1 amide bonds. The molecule has 98 valence electrons. The summed E-state index contributed by atoms with van der Waals surface area (Å²) in [6.07, 6.45) is 7.38. The zero-order chi connectivity index (χ0) is 12.1. The van der Waals surface area contributed by atoms with E-state index in [9.17, 15) is 4.79 Å². The number of carbonyl (C=O) groups excluding carboxylic acids is 1. The average molecular weight is 256 g/mol. The van der Waals surface area contributed by atoms with Gasteiger partial charge in [0.05, 0.1) is 5.25 Å². The van der Waals surface area contributed by atoms with Gasteiger partial charge in [-0.2, -0.15) is 0 Å². The number of hydrogen-bond acceptors (Lipinski definition) is 3. The molecule has 2 rings (SSSR count). The second-order valence-corrected chi connectivity index (χ2v) is 6.53. The minimum absolute atomic E-state index is 0.234. The normalized spacial score (nSPS) is 29.9. The van der Waals surface area contributed by atoms with Crippen molar-refractivity contribution in [1.29, 1.82) is 0 Å². The molecule has 2 atom stereocenters. The lowest BCUT2D eigenvalue weighted by Crippen LogP contribution is -2.46. The van der Waals surface area contributed by atoms with E-state index in [1.807, 2.05) is 23.7 Å². The Balaban J connectivity index is 1.77. The molecule has 0 aromatic carbocycles. The Morgan fingerprint density at radius 2 is 2.12 bits per heavy atom. The molecule has 0 radical (unpaired) electrons. The van der Waals surface area contributed by atoms with Crippen molar-refractivity contribution in [1.82, 2.24) is 10.2 Å². The quantitative estimate of drug-likeness (QED) is 0.837. The molecule has 0 bridgehead atoms. The van der Waals surface area contributed by atoms with Crippen LogP contribution in [0.2, 0.25) is 0 Å². The molecular formula is C13H24N2OS. The van der Waals surface area contributed by atoms with E-state index < -0.39 is 0 Å². The summed E-state index contributed by atoms with van der Waals surface area (Å²) in [5, 5.41) is 3.74. The van der Waals surface area contributed by atoms with E-state index in [0.29, 0.717) is 11.9 Å². The minimum atomic E-state index is 0.234. The maximum atomic E-state index is 12.2. The number of hydrogen-bond donors (Lipinski definition) is 1. The summed E-state index contributed by atoms with van der Waals surface area (Å²) in [5.41, 5.74) is 0. The largest absolute Gasteiger partial charge is 0.343 e. The van der Waals surface area contributed by atoms with E-state index in [1.54, 1.807) is 0 Å². The Hall–Kier alpha value is -0.220. The first kappa shape index (κ1) is 13.2. The van der Waals surface area contributed by atoms with Crippen LogP contribution in [0.1, 0.15) is 38.5 Å². The van der Waals surface area contributed by atoms with Crippen molar-refractivity contribution in [3.63, 3.8) is 0 Å². The SMILES string of the molecule is CN(CC1CCCCN1)C(=O)C1CCCCS1. The third kappa shape index (κ3) is 3.88. The minimum Gasteiger partial charge on any atom is -0.343 e. The number of rotatable bonds is 3. The lowest BCUT2D eigenvalue weighted by Gasteiger charge is -2.31. The highest BCUT2D eigenvalue weighted by Gasteiger charge is 2.26. The number of thioether (sulfide) groups is 1. The van der Waals surface area contributed by atoms with Gasteiger partial charge in [0.2, 0.25) is 5.91 Å². The number of likely N-dealkylation sites (N-methyl/N-ethyl adjacent to an activating group) is 1. The number of piperidine rings is 1. The van der Waals surface area contributed by atoms with Crippen molar-refractivity contribution in [2.75, 3.05) is 25.9 Å². The Morgan fingerprint density at radius 1 is 1.29 bits per heavy atom. The van der Waals surface area contributed by atoms with Crippen LogP contribution in [-0.2, 0) is 4.79 Å². The highest BCUT2D eigenvalue weighted by molar-refractivity contribution is 8.00. The summed E-state index contributed by atoms with van der Waals surface area (Å²) in [4.78, 5) is 14.2. The van der Waals surface area contributed by atoms with Gasteiger partial charge in [-0.25, -0.2) is 0 Å². The van der Waals surface area contributed by atoms with Crippen LogP contribution in [0.5, 0.6) is 0 Å². The molecule has 2 saturated heterocycles. The molecule has 0 aliphatic carbocycles. The Labute approximate surface area is 109 Å². The van der Waals surface area contributed by atoms with E-state index in [4.69, 9.17) is 0 Å². The van der Waals surface area contributed by atoms with Gasteiger partial charge >= 0.3 is 0 Å². The highest BCUT2D eigenvalue weighted by atomic mass is 32.2. The maximum Gasteiger partial charge on any atom is 0.235 e. The molecule has 0 aromatic rings. The van der Waals surface area contributed by atoms with Crippen molar-refractivity contribution >= 4 is 17.7 Å². The first-order valence-electron chi connectivity index (χ1n) is 6.87. The number of carbonyl (C=O) groups is 1. The predicted octanol–water partition coefficient (Wildman–Crippen LogP) is 1.87. The molecule has 0 aromatic heterocycles. The molecule has 17 heavy (non-hydrogen) atoms. The van der Waals surface area contributed by atoms with Crippen LogP contribution in [0.4, 0.5) is 0 Å². The van der Waals surface area contributed by atoms with E-state index in [0.717, 1.165) is 25.3 Å². The molecule has 2 aliphatic heterocycles. The van der Waals surface area contributed by atoms with Gasteiger partial charge in [-0.05, 0) is 38.0 Å². The Kier molecular flexibility index (Phi) is 5.16. The van der Waals surface area contributed by atoms with E-state index in [-0.39, 0.29) is 5.25 Å². The van der Waals surface area contributed by atoms with Crippen molar-refractivity contribution in [3.8, 4) is 0 Å². The summed E-state index contributed by atoms with van der Waals surface area (Å²) >= 11 is 1.85. The second-order valence-electron chi connectivity index (χ2n) is 5.22. The molecule has 2 heterocycles. The smallest absolute Gasteiger partial charge is 0.235 e. The van der Waals surface area contributed by atoms with E-state index >= 15 is 0 Å². The third-order valence-electron chi connectivity index (χ3n) is 3.74. The van der Waals surface area contributed by atoms with Crippen molar-refractivity contribution in [2.24, 2.45) is 0 Å². The van der Waals surface area contributed by atoms with E-state index in [1.165, 1.54) is 32.1 Å². The number of nitrogens with zero attached hydrogens (tertiary/aromatic N) is 1. The van der Waals surface area contributed by atoms with Gasteiger partial charge in [0.1, 0.15) is 0 Å². The number of amides is 1. The van der Waals surface area contributed by atoms with Gasteiger partial charge < -0.3 is 10.2 Å². The standard InChI is InChI=1S/C13H24N2OS/c1-15(10-11-6-2-4-8-14-11)13(16)12-7-3-5-9-17-12/h11-12,14H,2-10H2,1H3. The summed E-state index contributed by atoms with van der Waals surface area (Å²) < 4.78 is 0. The summed E-state index contributed by atoms with van der Waals surface area (Å²) in [6.45, 7) is 2.00. The van der Waals surface area contributed by atoms with Crippen LogP contribution in [0.15, 0.2) is 0 Å². The Bertz CT molecular complexity index is 248. The fraction of sp³-hybridized carbons (Fsp3) is 0.923. The maximum absolute atomic E-state index is 12.2. The first-order valence-corrected chi connectivity index (χ1v) is 7.92. The summed E-state index contributed by atoms with van der Waals surface area (Å²) in [5.74, 6) is 1.51. The van der Waals surface area contributed by atoms with Crippen LogP contribution in [0.3, 0.4) is 0 Å². The first-order chi connectivity index (χ1) is 8.27. The molecule has 0 saturated carbocycles. The molecular weight excluding hydrogens is 232 g/mol. The fourth-order valence-corrected chi connectivity index (χ4v) is 3.99. The van der Waals surface area contributed by atoms with Crippen molar-refractivity contribution in [2.45, 2.75) is 49.8 Å². The molecule has 4 heteroatoms. The summed E-state index contributed by atoms with van der Waals surface area (Å²) in [7, 11) is 1.97. The van der Waals surface area contributed by atoms with Gasteiger partial charge in [-0.3, -0.25) is 4.79 Å². The van der Waals surface area contributed by atoms with Gasteiger partial charge in [-0.1, -0.05) is 12.8 Å². The zero-order valence-corrected chi connectivity index (χ0v) is 11.6. The molecule has 1 N–H and O–H groups in total. The third-order valence-corrected chi connectivity index (χ3v) is 5.10. The summed E-state index contributed by atoms with van der Waals surface area (Å²) in [6, 6.07) is 0.520. The Morgan fingerprint density at radius 3 is 2.76 bits per heavy atom. The van der Waals surface area contributed by atoms with E-state index in [2.05, 4.69) is 5.32 Å². The van der Waals surface area contributed by atoms with Crippen LogP contribution in [0, 0.1) is 0 Å². The monoisotopic (exact) mass is 256 g/mol. The van der Waals surface area contributed by atoms with Crippen LogP contribution in [-0.4, -0.2) is 48.0 Å². The zero-order valence-electron chi connectivity index (χ0n) is 10.8. The topological polar surface area (TPSA) is 32.3 Å². The lowest BCUT2D eigenvalue weighted by atomic mass is 10.0. The molecule has 0 spiro atoms. The van der Waals surface area contributed by atoms with Crippen molar-refractivity contribution < 1.29 is 4.79 Å². The van der Waals surface area contributed by atoms with Gasteiger partial charge in [0.15, 0.2) is 0 Å². The lowest BCUT2D eigenvalue weighted by molar-refractivity contribution is -0.129. The molecule has 2 fully saturated rings. The average Bonchev–Trinajstić information content (AvgIpc) is 2.40. The van der Waals surface area contributed by atoms with Crippen LogP contribution < -0.4 is 5.32 Å². The van der Waals surface area contributed by atoms with Gasteiger partial charge in [0.25, 0.3) is 0 Å². The fourth-order valence-electron chi connectivity index (χ4n) is 2.68.